The van der Waals surface area contributed by atoms with Gasteiger partial charge in [0.15, 0.2) is 0 Å². The van der Waals surface area contributed by atoms with Crippen LogP contribution in [0.3, 0.4) is 0 Å². The van der Waals surface area contributed by atoms with E-state index in [1.165, 1.54) is 43.2 Å². The van der Waals surface area contributed by atoms with Crippen molar-refractivity contribution in [1.29, 1.82) is 0 Å². The number of hydrogen-bond acceptors (Lipinski definition) is 1. The monoisotopic (exact) mass is 272 g/mol. The summed E-state index contributed by atoms with van der Waals surface area (Å²) < 4.78 is 5.76. The van der Waals surface area contributed by atoms with Gasteiger partial charge in [-0.15, -0.1) is 0 Å². The van der Waals surface area contributed by atoms with Crippen molar-refractivity contribution in [3.8, 4) is 0 Å². The summed E-state index contributed by atoms with van der Waals surface area (Å²) in [6.07, 6.45) is 8.63. The highest BCUT2D eigenvalue weighted by Crippen LogP contribution is 2.39. The highest BCUT2D eigenvalue weighted by Gasteiger charge is 2.27. The molecule has 1 aliphatic rings. The molecule has 0 amide bonds. The SMILES string of the molecule is CC(=COCCC1CCCC(C)(C)C1)c1ccccc1. The van der Waals surface area contributed by atoms with Crippen molar-refractivity contribution in [2.24, 2.45) is 11.3 Å². The second-order valence-electron chi connectivity index (χ2n) is 6.95. The van der Waals surface area contributed by atoms with Crippen molar-refractivity contribution in [2.75, 3.05) is 6.61 Å². The highest BCUT2D eigenvalue weighted by atomic mass is 16.5. The van der Waals surface area contributed by atoms with Gasteiger partial charge in [-0.2, -0.15) is 0 Å². The minimum atomic E-state index is 0.540. The summed E-state index contributed by atoms with van der Waals surface area (Å²) in [7, 11) is 0. The third-order valence-corrected chi connectivity index (χ3v) is 4.44. The van der Waals surface area contributed by atoms with E-state index in [0.717, 1.165) is 12.5 Å². The quantitative estimate of drug-likeness (QED) is 0.495. The summed E-state index contributed by atoms with van der Waals surface area (Å²) in [5.74, 6) is 0.851. The van der Waals surface area contributed by atoms with Crippen LogP contribution in [-0.2, 0) is 4.74 Å². The Morgan fingerprint density at radius 3 is 2.75 bits per heavy atom. The fraction of sp³-hybridized carbons (Fsp3) is 0.579. The molecule has 1 saturated carbocycles. The molecule has 0 aromatic heterocycles. The van der Waals surface area contributed by atoms with Gasteiger partial charge in [-0.3, -0.25) is 0 Å². The van der Waals surface area contributed by atoms with Gasteiger partial charge in [0.1, 0.15) is 0 Å². The van der Waals surface area contributed by atoms with E-state index in [1.807, 2.05) is 12.3 Å². The van der Waals surface area contributed by atoms with Gasteiger partial charge >= 0.3 is 0 Å². The van der Waals surface area contributed by atoms with Gasteiger partial charge in [0.05, 0.1) is 12.9 Å². The van der Waals surface area contributed by atoms with Crippen molar-refractivity contribution < 1.29 is 4.74 Å². The summed E-state index contributed by atoms with van der Waals surface area (Å²) in [6.45, 7) is 7.77. The third kappa shape index (κ3) is 4.70. The average Bonchev–Trinajstić information content (AvgIpc) is 2.43. The van der Waals surface area contributed by atoms with E-state index in [4.69, 9.17) is 4.74 Å². The molecular weight excluding hydrogens is 244 g/mol. The maximum absolute atomic E-state index is 5.76. The van der Waals surface area contributed by atoms with Crippen LogP contribution in [0.25, 0.3) is 5.57 Å². The Morgan fingerprint density at radius 2 is 2.05 bits per heavy atom. The van der Waals surface area contributed by atoms with Gasteiger partial charge in [-0.05, 0) is 48.7 Å². The van der Waals surface area contributed by atoms with Crippen LogP contribution in [0, 0.1) is 11.3 Å². The van der Waals surface area contributed by atoms with Crippen LogP contribution >= 0.6 is 0 Å². The van der Waals surface area contributed by atoms with Gasteiger partial charge in [-0.25, -0.2) is 0 Å². The van der Waals surface area contributed by atoms with E-state index in [-0.39, 0.29) is 0 Å². The second-order valence-corrected chi connectivity index (χ2v) is 6.95. The normalized spacial score (nSPS) is 22.6. The van der Waals surface area contributed by atoms with Crippen molar-refractivity contribution in [3.63, 3.8) is 0 Å². The Hall–Kier alpha value is -1.24. The molecule has 1 heteroatoms. The minimum absolute atomic E-state index is 0.540. The van der Waals surface area contributed by atoms with Gasteiger partial charge in [0, 0.05) is 0 Å². The number of ether oxygens (including phenoxy) is 1. The van der Waals surface area contributed by atoms with E-state index in [2.05, 4.69) is 45.0 Å². The fourth-order valence-corrected chi connectivity index (χ4v) is 3.29. The first-order valence-electron chi connectivity index (χ1n) is 7.91. The van der Waals surface area contributed by atoms with Crippen LogP contribution in [0.2, 0.25) is 0 Å². The first-order valence-corrected chi connectivity index (χ1v) is 7.91. The molecule has 0 bridgehead atoms. The standard InChI is InChI=1S/C19H28O/c1-16(18-9-5-4-6-10-18)15-20-13-11-17-8-7-12-19(2,3)14-17/h4-6,9-10,15,17H,7-8,11-14H2,1-3H3. The molecule has 1 atom stereocenters. The van der Waals surface area contributed by atoms with E-state index in [9.17, 15) is 0 Å². The van der Waals surface area contributed by atoms with Crippen LogP contribution < -0.4 is 0 Å². The topological polar surface area (TPSA) is 9.23 Å². The first kappa shape index (κ1) is 15.2. The van der Waals surface area contributed by atoms with E-state index in [0.29, 0.717) is 5.41 Å². The fourth-order valence-electron chi connectivity index (χ4n) is 3.29. The third-order valence-electron chi connectivity index (χ3n) is 4.44. The van der Waals surface area contributed by atoms with Crippen LogP contribution in [0.15, 0.2) is 36.6 Å². The Balaban J connectivity index is 1.73. The molecule has 0 radical (unpaired) electrons. The van der Waals surface area contributed by atoms with Gasteiger partial charge in [0.25, 0.3) is 0 Å². The maximum Gasteiger partial charge on any atom is 0.0876 e. The molecule has 20 heavy (non-hydrogen) atoms. The molecule has 0 aliphatic heterocycles. The molecule has 110 valence electrons. The van der Waals surface area contributed by atoms with Gasteiger partial charge in [0.2, 0.25) is 0 Å². The predicted octanol–water partition coefficient (Wildman–Crippen LogP) is 5.67. The zero-order valence-corrected chi connectivity index (χ0v) is 13.2. The molecule has 1 nitrogen and oxygen atoms in total. The number of hydrogen-bond donors (Lipinski definition) is 0. The molecule has 1 unspecified atom stereocenters. The van der Waals surface area contributed by atoms with E-state index < -0.39 is 0 Å². The lowest BCUT2D eigenvalue weighted by molar-refractivity contribution is 0.142. The van der Waals surface area contributed by atoms with Gasteiger partial charge in [-0.1, -0.05) is 57.0 Å². The van der Waals surface area contributed by atoms with Crippen molar-refractivity contribution >= 4 is 5.57 Å². The molecular formula is C19H28O. The molecule has 0 heterocycles. The summed E-state index contributed by atoms with van der Waals surface area (Å²) in [5.41, 5.74) is 2.99. The lowest BCUT2D eigenvalue weighted by Crippen LogP contribution is -2.23. The molecule has 2 rings (SSSR count). The maximum atomic E-state index is 5.76. The predicted molar refractivity (Wildman–Crippen MR) is 86.4 cm³/mol. The van der Waals surface area contributed by atoms with Gasteiger partial charge < -0.3 is 4.74 Å². The molecule has 1 fully saturated rings. The zero-order valence-electron chi connectivity index (χ0n) is 13.2. The molecule has 0 N–H and O–H groups in total. The molecule has 1 aromatic rings. The Kier molecular flexibility index (Phi) is 5.28. The Morgan fingerprint density at radius 1 is 1.30 bits per heavy atom. The number of benzene rings is 1. The summed E-state index contributed by atoms with van der Waals surface area (Å²) in [4.78, 5) is 0. The smallest absolute Gasteiger partial charge is 0.0876 e. The van der Waals surface area contributed by atoms with Crippen LogP contribution in [0.1, 0.15) is 58.4 Å². The van der Waals surface area contributed by atoms with Crippen molar-refractivity contribution in [1.82, 2.24) is 0 Å². The Labute approximate surface area is 124 Å². The number of rotatable bonds is 5. The highest BCUT2D eigenvalue weighted by molar-refractivity contribution is 5.62. The zero-order chi connectivity index (χ0) is 14.4. The lowest BCUT2D eigenvalue weighted by atomic mass is 9.71. The van der Waals surface area contributed by atoms with Crippen molar-refractivity contribution in [3.05, 3.63) is 42.2 Å². The van der Waals surface area contributed by atoms with E-state index in [1.54, 1.807) is 0 Å². The molecule has 1 aliphatic carbocycles. The second kappa shape index (κ2) is 6.97. The lowest BCUT2D eigenvalue weighted by Gasteiger charge is -2.35. The molecule has 1 aromatic carbocycles. The summed E-state index contributed by atoms with van der Waals surface area (Å²) >= 11 is 0. The Bertz CT molecular complexity index is 430. The largest absolute Gasteiger partial charge is 0.501 e. The van der Waals surface area contributed by atoms with Crippen LogP contribution in [0.4, 0.5) is 0 Å². The van der Waals surface area contributed by atoms with Crippen molar-refractivity contribution in [2.45, 2.75) is 52.9 Å². The number of allylic oxidation sites excluding steroid dienone is 1. The van der Waals surface area contributed by atoms with Crippen LogP contribution in [-0.4, -0.2) is 6.61 Å². The van der Waals surface area contributed by atoms with E-state index >= 15 is 0 Å². The summed E-state index contributed by atoms with van der Waals surface area (Å²) in [5, 5.41) is 0. The summed E-state index contributed by atoms with van der Waals surface area (Å²) in [6, 6.07) is 10.4. The first-order chi connectivity index (χ1) is 9.57. The molecule has 0 saturated heterocycles. The molecule has 0 spiro atoms. The van der Waals surface area contributed by atoms with Crippen LogP contribution in [0.5, 0.6) is 0 Å². The minimum Gasteiger partial charge on any atom is -0.501 e. The average molecular weight is 272 g/mol.